The molecular weight excluding hydrogens is 707 g/mol. The quantitative estimate of drug-likeness (QED) is 0.170. The molecule has 0 atom stereocenters. The molecule has 0 bridgehead atoms. The summed E-state index contributed by atoms with van der Waals surface area (Å²) in [7, 11) is 0. The number of nitrogens with zero attached hydrogens (tertiary/aromatic N) is 3. The fraction of sp³-hybridized carbons (Fsp3) is 0. The van der Waals surface area contributed by atoms with Crippen LogP contribution in [0, 0.1) is 0 Å². The van der Waals surface area contributed by atoms with Crippen LogP contribution < -0.4 is 4.90 Å². The van der Waals surface area contributed by atoms with Crippen LogP contribution in [0.2, 0.25) is 0 Å². The fourth-order valence-corrected chi connectivity index (χ4v) is 9.10. The van der Waals surface area contributed by atoms with Crippen LogP contribution in [0.5, 0.6) is 0 Å². The lowest BCUT2D eigenvalue weighted by atomic mass is 10.0. The molecule has 0 spiro atoms. The molecule has 0 N–H and O–H groups in total. The summed E-state index contributed by atoms with van der Waals surface area (Å²) in [5.41, 5.74) is 14.1. The topological polar surface area (TPSA) is 26.2 Å². The van der Waals surface area contributed by atoms with Gasteiger partial charge >= 0.3 is 0 Å². The predicted molar refractivity (Wildman–Crippen MR) is 243 cm³/mol. The average Bonchev–Trinajstić information content (AvgIpc) is 3.95. The maximum Gasteiger partial charge on any atom is 0.159 e. The Balaban J connectivity index is 1.00. The van der Waals surface area contributed by atoms with Crippen LogP contribution in [0.25, 0.3) is 88.1 Å². The molecule has 0 aliphatic carbocycles. The minimum atomic E-state index is 0.858. The Morgan fingerprint density at radius 2 is 0.810 bits per heavy atom. The first kappa shape index (κ1) is 32.4. The van der Waals surface area contributed by atoms with Gasteiger partial charge < -0.3 is 18.5 Å². The molecule has 4 heteroatoms. The van der Waals surface area contributed by atoms with E-state index in [1.165, 1.54) is 38.1 Å². The van der Waals surface area contributed by atoms with Crippen molar-refractivity contribution in [1.29, 1.82) is 0 Å². The largest absolute Gasteiger partial charge is 0.454 e. The van der Waals surface area contributed by atoms with E-state index in [1.54, 1.807) is 0 Å². The first-order valence-corrected chi connectivity index (χ1v) is 19.8. The zero-order valence-electron chi connectivity index (χ0n) is 31.5. The van der Waals surface area contributed by atoms with Crippen molar-refractivity contribution in [2.75, 3.05) is 4.90 Å². The Morgan fingerprint density at radius 1 is 0.328 bits per heavy atom. The van der Waals surface area contributed by atoms with Gasteiger partial charge in [-0.15, -0.1) is 0 Å². The molecule has 4 nitrogen and oxygen atoms in total. The van der Waals surface area contributed by atoms with E-state index >= 15 is 0 Å². The highest BCUT2D eigenvalue weighted by Crippen LogP contribution is 2.44. The minimum Gasteiger partial charge on any atom is -0.454 e. The maximum atomic E-state index is 6.68. The Bertz CT molecular complexity index is 3440. The van der Waals surface area contributed by atoms with Crippen LogP contribution in [0.15, 0.2) is 217 Å². The highest BCUT2D eigenvalue weighted by atomic mass is 16.3. The lowest BCUT2D eigenvalue weighted by Gasteiger charge is -2.26. The maximum absolute atomic E-state index is 6.68. The summed E-state index contributed by atoms with van der Waals surface area (Å²) in [6.45, 7) is 0. The van der Waals surface area contributed by atoms with E-state index in [2.05, 4.69) is 220 Å². The molecule has 0 saturated heterocycles. The molecule has 0 radical (unpaired) electrons. The molecule has 58 heavy (non-hydrogen) atoms. The van der Waals surface area contributed by atoms with Crippen molar-refractivity contribution in [2.24, 2.45) is 0 Å². The third kappa shape index (κ3) is 4.95. The van der Waals surface area contributed by atoms with Gasteiger partial charge in [0.25, 0.3) is 0 Å². The SMILES string of the molecule is c1ccc(-n2c3ccccc3c3ccc(N(c4ccc(-c5ccc(-n6c7ccccc7c7ccccc76)cc5)cc4)c4cccc5c4oc4ccccc45)cc32)cc1. The number of rotatable bonds is 6. The molecule has 12 aromatic rings. The lowest BCUT2D eigenvalue weighted by molar-refractivity contribution is 0.669. The van der Waals surface area contributed by atoms with Gasteiger partial charge in [-0.25, -0.2) is 0 Å². The smallest absolute Gasteiger partial charge is 0.159 e. The van der Waals surface area contributed by atoms with Crippen molar-refractivity contribution in [1.82, 2.24) is 9.13 Å². The van der Waals surface area contributed by atoms with Gasteiger partial charge in [0, 0.05) is 55.1 Å². The van der Waals surface area contributed by atoms with Crippen LogP contribution in [0.4, 0.5) is 17.1 Å². The molecule has 0 fully saturated rings. The summed E-state index contributed by atoms with van der Waals surface area (Å²) < 4.78 is 11.4. The summed E-state index contributed by atoms with van der Waals surface area (Å²) in [6.07, 6.45) is 0. The van der Waals surface area contributed by atoms with Gasteiger partial charge in [-0.2, -0.15) is 0 Å². The molecule has 3 heterocycles. The Kier molecular flexibility index (Phi) is 7.20. The van der Waals surface area contributed by atoms with E-state index in [9.17, 15) is 0 Å². The van der Waals surface area contributed by atoms with E-state index in [4.69, 9.17) is 4.42 Å². The Hall–Kier alpha value is -7.82. The van der Waals surface area contributed by atoms with Gasteiger partial charge in [0.15, 0.2) is 5.58 Å². The number of fused-ring (bicyclic) bond motifs is 9. The van der Waals surface area contributed by atoms with E-state index in [1.807, 2.05) is 6.07 Å². The first-order chi connectivity index (χ1) is 28.8. The molecule has 272 valence electrons. The standard InChI is InChI=1S/C54H35N3O/c1-2-13-38(14-3-1)57-50-22-10-6-17-44(50)45-34-33-41(35-52(45)57)55(51-23-12-19-47-46-18-7-11-24-53(46)58-54(47)51)39-29-25-36(26-30-39)37-27-31-40(32-28-37)56-48-20-8-4-15-42(48)43-16-5-9-21-49(43)56/h1-35H. The zero-order valence-corrected chi connectivity index (χ0v) is 31.5. The van der Waals surface area contributed by atoms with Crippen LogP contribution in [-0.4, -0.2) is 9.13 Å². The number of aromatic nitrogens is 2. The summed E-state index contributed by atoms with van der Waals surface area (Å²) in [5.74, 6) is 0. The van der Waals surface area contributed by atoms with Crippen molar-refractivity contribution < 1.29 is 4.42 Å². The van der Waals surface area contributed by atoms with Crippen molar-refractivity contribution in [3.63, 3.8) is 0 Å². The number of para-hydroxylation sites is 6. The Labute approximate surface area is 334 Å². The van der Waals surface area contributed by atoms with Crippen LogP contribution >= 0.6 is 0 Å². The van der Waals surface area contributed by atoms with Crippen molar-refractivity contribution >= 4 is 82.6 Å². The summed E-state index contributed by atoms with van der Waals surface area (Å²) in [4.78, 5) is 2.34. The second-order valence-corrected chi connectivity index (χ2v) is 14.9. The number of hydrogen-bond acceptors (Lipinski definition) is 2. The summed E-state index contributed by atoms with van der Waals surface area (Å²) >= 11 is 0. The number of benzene rings is 9. The molecule has 12 rings (SSSR count). The molecular formula is C54H35N3O. The fourth-order valence-electron chi connectivity index (χ4n) is 9.10. The number of hydrogen-bond donors (Lipinski definition) is 0. The predicted octanol–water partition coefficient (Wildman–Crippen LogP) is 14.9. The van der Waals surface area contributed by atoms with E-state index in [0.29, 0.717) is 0 Å². The molecule has 0 unspecified atom stereocenters. The third-order valence-corrected chi connectivity index (χ3v) is 11.7. The molecule has 0 amide bonds. The zero-order chi connectivity index (χ0) is 38.2. The van der Waals surface area contributed by atoms with Gasteiger partial charge in [0.1, 0.15) is 5.58 Å². The van der Waals surface area contributed by atoms with Gasteiger partial charge in [0.05, 0.1) is 27.8 Å². The minimum absolute atomic E-state index is 0.858. The van der Waals surface area contributed by atoms with Crippen molar-refractivity contribution in [3.05, 3.63) is 212 Å². The summed E-state index contributed by atoms with van der Waals surface area (Å²) in [6, 6.07) is 76.1. The summed E-state index contributed by atoms with van der Waals surface area (Å²) in [5, 5.41) is 7.18. The van der Waals surface area contributed by atoms with Gasteiger partial charge in [-0.05, 0) is 90.0 Å². The first-order valence-electron chi connectivity index (χ1n) is 19.8. The van der Waals surface area contributed by atoms with Gasteiger partial charge in [-0.1, -0.05) is 133 Å². The molecule has 0 aliphatic rings. The second-order valence-electron chi connectivity index (χ2n) is 14.9. The van der Waals surface area contributed by atoms with E-state index in [-0.39, 0.29) is 0 Å². The van der Waals surface area contributed by atoms with Crippen molar-refractivity contribution in [3.8, 4) is 22.5 Å². The number of furan rings is 1. The normalized spacial score (nSPS) is 11.8. The van der Waals surface area contributed by atoms with Crippen LogP contribution in [-0.2, 0) is 0 Å². The molecule has 9 aromatic carbocycles. The van der Waals surface area contributed by atoms with E-state index in [0.717, 1.165) is 67.0 Å². The Morgan fingerprint density at radius 3 is 1.47 bits per heavy atom. The molecule has 0 aliphatic heterocycles. The van der Waals surface area contributed by atoms with E-state index < -0.39 is 0 Å². The van der Waals surface area contributed by atoms with Crippen LogP contribution in [0.1, 0.15) is 0 Å². The highest BCUT2D eigenvalue weighted by Gasteiger charge is 2.22. The van der Waals surface area contributed by atoms with Crippen molar-refractivity contribution in [2.45, 2.75) is 0 Å². The average molecular weight is 742 g/mol. The van der Waals surface area contributed by atoms with Crippen LogP contribution in [0.3, 0.4) is 0 Å². The van der Waals surface area contributed by atoms with Gasteiger partial charge in [0.2, 0.25) is 0 Å². The molecule has 3 aromatic heterocycles. The second kappa shape index (κ2) is 12.9. The molecule has 0 saturated carbocycles. The monoisotopic (exact) mass is 741 g/mol. The number of anilines is 3. The lowest BCUT2D eigenvalue weighted by Crippen LogP contribution is -2.10. The third-order valence-electron chi connectivity index (χ3n) is 11.7. The van der Waals surface area contributed by atoms with Gasteiger partial charge in [-0.3, -0.25) is 0 Å². The highest BCUT2D eigenvalue weighted by molar-refractivity contribution is 6.13.